The molecule has 0 saturated carbocycles. The molecule has 0 aromatic heterocycles. The van der Waals surface area contributed by atoms with Gasteiger partial charge in [-0.3, -0.25) is 0 Å². The van der Waals surface area contributed by atoms with Crippen LogP contribution in [0.2, 0.25) is 5.02 Å². The average molecular weight is 540 g/mol. The highest BCUT2D eigenvalue weighted by Crippen LogP contribution is 2.38. The second kappa shape index (κ2) is 14.1. The number of nitrogens with zero attached hydrogens (tertiary/aromatic N) is 1. The molecule has 1 aliphatic rings. The van der Waals surface area contributed by atoms with Crippen LogP contribution >= 0.6 is 35.6 Å². The largest absolute Gasteiger partial charge is 0.489 e. The van der Waals surface area contributed by atoms with E-state index in [1.807, 2.05) is 19.1 Å². The Balaban J connectivity index is 0.00000420. The zero-order valence-corrected chi connectivity index (χ0v) is 20.8. The molecule has 0 fully saturated rings. The summed E-state index contributed by atoms with van der Waals surface area (Å²) < 4.78 is 11.4. The summed E-state index contributed by atoms with van der Waals surface area (Å²) in [5, 5.41) is 16.5. The standard InChI is InChI=1S/C21H34ClN3O3.HI/c1-4-23-21(24-13-16(6-7-26)10-15(2)3)25-14-17-11-18(22)20-19(12-17)27-8-5-9-28-20;/h11-12,15-16,26H,4-10,13-14H2,1-3H3,(H2,23,24,25);1H. The minimum atomic E-state index is 0. The van der Waals surface area contributed by atoms with Gasteiger partial charge >= 0.3 is 0 Å². The van der Waals surface area contributed by atoms with E-state index >= 15 is 0 Å². The van der Waals surface area contributed by atoms with Crippen LogP contribution in [0.1, 0.15) is 45.6 Å². The van der Waals surface area contributed by atoms with Crippen molar-refractivity contribution in [2.45, 2.75) is 46.6 Å². The molecule has 0 bridgehead atoms. The van der Waals surface area contributed by atoms with Crippen LogP contribution in [0.15, 0.2) is 17.1 Å². The maximum atomic E-state index is 9.30. The predicted molar refractivity (Wildman–Crippen MR) is 130 cm³/mol. The van der Waals surface area contributed by atoms with Gasteiger partial charge in [0.25, 0.3) is 0 Å². The van der Waals surface area contributed by atoms with Gasteiger partial charge in [0.1, 0.15) is 0 Å². The summed E-state index contributed by atoms with van der Waals surface area (Å²) in [5.74, 6) is 3.09. The summed E-state index contributed by atoms with van der Waals surface area (Å²) >= 11 is 6.37. The molecule has 0 saturated heterocycles. The number of aliphatic imine (C=N–C) groups is 1. The van der Waals surface area contributed by atoms with Crippen LogP contribution in [0.4, 0.5) is 0 Å². The van der Waals surface area contributed by atoms with Crippen LogP contribution < -0.4 is 20.1 Å². The van der Waals surface area contributed by atoms with E-state index in [4.69, 9.17) is 21.1 Å². The molecule has 3 N–H and O–H groups in total. The van der Waals surface area contributed by atoms with Crippen molar-refractivity contribution in [1.82, 2.24) is 10.6 Å². The van der Waals surface area contributed by atoms with Crippen molar-refractivity contribution in [3.8, 4) is 11.5 Å². The van der Waals surface area contributed by atoms with Gasteiger partial charge in [0, 0.05) is 26.1 Å². The minimum absolute atomic E-state index is 0. The van der Waals surface area contributed by atoms with E-state index in [0.717, 1.165) is 43.9 Å². The lowest BCUT2D eigenvalue weighted by Crippen LogP contribution is -2.40. The first-order valence-corrected chi connectivity index (χ1v) is 10.6. The first kappa shape index (κ1) is 26.1. The van der Waals surface area contributed by atoms with Crippen LogP contribution in [-0.2, 0) is 6.54 Å². The lowest BCUT2D eigenvalue weighted by Gasteiger charge is -2.20. The smallest absolute Gasteiger partial charge is 0.191 e. The summed E-state index contributed by atoms with van der Waals surface area (Å²) in [4.78, 5) is 4.69. The van der Waals surface area contributed by atoms with E-state index in [1.165, 1.54) is 0 Å². The number of hydrogen-bond donors (Lipinski definition) is 3. The van der Waals surface area contributed by atoms with Crippen molar-refractivity contribution in [2.24, 2.45) is 16.8 Å². The Hall–Kier alpha value is -0.930. The predicted octanol–water partition coefficient (Wildman–Crippen LogP) is 4.22. The van der Waals surface area contributed by atoms with Crippen molar-refractivity contribution in [2.75, 3.05) is 32.9 Å². The number of rotatable bonds is 9. The van der Waals surface area contributed by atoms with E-state index in [-0.39, 0.29) is 30.6 Å². The molecule has 0 amide bonds. The average Bonchev–Trinajstić information content (AvgIpc) is 2.89. The number of ether oxygens (including phenoxy) is 2. The summed E-state index contributed by atoms with van der Waals surface area (Å²) in [5.41, 5.74) is 0.973. The first-order chi connectivity index (χ1) is 13.5. The molecular formula is C21H35ClIN3O3. The van der Waals surface area contributed by atoms with Gasteiger partial charge in [0.05, 0.1) is 24.8 Å². The van der Waals surface area contributed by atoms with Gasteiger partial charge in [-0.15, -0.1) is 24.0 Å². The summed E-state index contributed by atoms with van der Waals surface area (Å²) in [7, 11) is 0. The van der Waals surface area contributed by atoms with E-state index in [0.29, 0.717) is 48.1 Å². The topological polar surface area (TPSA) is 75.1 Å². The fourth-order valence-electron chi connectivity index (χ4n) is 3.28. The van der Waals surface area contributed by atoms with Crippen molar-refractivity contribution in [3.05, 3.63) is 22.7 Å². The van der Waals surface area contributed by atoms with Gasteiger partial charge in [-0.1, -0.05) is 25.4 Å². The summed E-state index contributed by atoms with van der Waals surface area (Å²) in [6, 6.07) is 3.84. The fourth-order valence-corrected chi connectivity index (χ4v) is 3.57. The Kier molecular flexibility index (Phi) is 12.7. The van der Waals surface area contributed by atoms with Crippen molar-refractivity contribution in [1.29, 1.82) is 0 Å². The second-order valence-electron chi connectivity index (χ2n) is 7.54. The van der Waals surface area contributed by atoms with E-state index in [9.17, 15) is 5.11 Å². The second-order valence-corrected chi connectivity index (χ2v) is 7.95. The van der Waals surface area contributed by atoms with Gasteiger partial charge in [0.2, 0.25) is 0 Å². The van der Waals surface area contributed by atoms with Crippen LogP contribution in [-0.4, -0.2) is 44.0 Å². The molecule has 1 unspecified atom stereocenters. The molecule has 1 atom stereocenters. The molecule has 1 aromatic carbocycles. The Morgan fingerprint density at radius 2 is 2.00 bits per heavy atom. The number of fused-ring (bicyclic) bond motifs is 1. The van der Waals surface area contributed by atoms with Crippen LogP contribution in [0, 0.1) is 11.8 Å². The van der Waals surface area contributed by atoms with Crippen molar-refractivity contribution in [3.63, 3.8) is 0 Å². The van der Waals surface area contributed by atoms with E-state index < -0.39 is 0 Å². The lowest BCUT2D eigenvalue weighted by atomic mass is 9.94. The number of aliphatic hydroxyl groups excluding tert-OH is 1. The third-order valence-corrected chi connectivity index (χ3v) is 4.81. The zero-order chi connectivity index (χ0) is 20.4. The lowest BCUT2D eigenvalue weighted by molar-refractivity contribution is 0.243. The molecule has 2 rings (SSSR count). The molecule has 29 heavy (non-hydrogen) atoms. The molecule has 0 spiro atoms. The maximum Gasteiger partial charge on any atom is 0.191 e. The quantitative estimate of drug-likeness (QED) is 0.249. The third-order valence-electron chi connectivity index (χ3n) is 4.53. The number of benzene rings is 1. The number of hydrogen-bond acceptors (Lipinski definition) is 4. The number of nitrogens with one attached hydrogen (secondary N) is 2. The molecular weight excluding hydrogens is 505 g/mol. The van der Waals surface area contributed by atoms with Gasteiger partial charge < -0.3 is 25.2 Å². The molecule has 0 radical (unpaired) electrons. The Morgan fingerprint density at radius 1 is 1.24 bits per heavy atom. The van der Waals surface area contributed by atoms with Gasteiger partial charge in [-0.05, 0) is 49.3 Å². The molecule has 8 heteroatoms. The maximum absolute atomic E-state index is 9.30. The highest BCUT2D eigenvalue weighted by molar-refractivity contribution is 14.0. The summed E-state index contributed by atoms with van der Waals surface area (Å²) in [6.45, 7) is 9.96. The Labute approximate surface area is 196 Å². The Bertz CT molecular complexity index is 644. The van der Waals surface area contributed by atoms with Crippen LogP contribution in [0.3, 0.4) is 0 Å². The first-order valence-electron chi connectivity index (χ1n) is 10.2. The molecule has 0 aliphatic carbocycles. The highest BCUT2D eigenvalue weighted by Gasteiger charge is 2.16. The van der Waals surface area contributed by atoms with Gasteiger partial charge in [0.15, 0.2) is 17.5 Å². The SMILES string of the molecule is CCNC(=NCc1cc(Cl)c2c(c1)OCCCO2)NCC(CCO)CC(C)C.I. The number of halogens is 2. The zero-order valence-electron chi connectivity index (χ0n) is 17.7. The van der Waals surface area contributed by atoms with Crippen molar-refractivity contribution >= 4 is 41.5 Å². The highest BCUT2D eigenvalue weighted by atomic mass is 127. The van der Waals surface area contributed by atoms with Crippen LogP contribution in [0.5, 0.6) is 11.5 Å². The van der Waals surface area contributed by atoms with Gasteiger partial charge in [-0.25, -0.2) is 4.99 Å². The molecule has 1 aromatic rings. The third kappa shape index (κ3) is 9.17. The van der Waals surface area contributed by atoms with Crippen LogP contribution in [0.25, 0.3) is 0 Å². The fraction of sp³-hybridized carbons (Fsp3) is 0.667. The van der Waals surface area contributed by atoms with E-state index in [2.05, 4.69) is 29.5 Å². The van der Waals surface area contributed by atoms with Crippen molar-refractivity contribution < 1.29 is 14.6 Å². The molecule has 166 valence electrons. The number of guanidine groups is 1. The molecule has 1 heterocycles. The van der Waals surface area contributed by atoms with Gasteiger partial charge in [-0.2, -0.15) is 0 Å². The minimum Gasteiger partial charge on any atom is -0.489 e. The monoisotopic (exact) mass is 539 g/mol. The summed E-state index contributed by atoms with van der Waals surface area (Å²) in [6.07, 6.45) is 2.71. The molecule has 6 nitrogen and oxygen atoms in total. The van der Waals surface area contributed by atoms with E-state index in [1.54, 1.807) is 0 Å². The normalized spacial score (nSPS) is 14.8. The number of aliphatic hydroxyl groups is 1. The molecule has 1 aliphatic heterocycles. The Morgan fingerprint density at radius 3 is 2.69 bits per heavy atom.